The maximum Gasteiger partial charge on any atom is 0.268 e. The molecule has 0 unspecified atom stereocenters. The summed E-state index contributed by atoms with van der Waals surface area (Å²) in [6.07, 6.45) is 3.36. The molecule has 7 heteroatoms. The van der Waals surface area contributed by atoms with Crippen LogP contribution in [0.1, 0.15) is 16.1 Å². The molecule has 1 amide bonds. The summed E-state index contributed by atoms with van der Waals surface area (Å²) in [5, 5.41) is 2.97. The van der Waals surface area contributed by atoms with Crippen molar-refractivity contribution in [3.05, 3.63) is 90.3 Å². The lowest BCUT2D eigenvalue weighted by atomic mass is 10.2. The number of halogens is 1. The Labute approximate surface area is 171 Å². The highest BCUT2D eigenvalue weighted by molar-refractivity contribution is 5.97. The molecule has 2 aromatic carbocycles. The van der Waals surface area contributed by atoms with Gasteiger partial charge in [0.25, 0.3) is 5.91 Å². The number of rotatable bonds is 6. The van der Waals surface area contributed by atoms with Crippen LogP contribution in [-0.4, -0.2) is 26.6 Å². The molecule has 0 radical (unpaired) electrons. The van der Waals surface area contributed by atoms with Gasteiger partial charge in [0.1, 0.15) is 11.5 Å². The van der Waals surface area contributed by atoms with Crippen molar-refractivity contribution in [1.82, 2.24) is 19.4 Å². The van der Waals surface area contributed by atoms with Gasteiger partial charge in [0.15, 0.2) is 5.58 Å². The molecular formula is C23H19FN4O2. The second kappa shape index (κ2) is 7.51. The summed E-state index contributed by atoms with van der Waals surface area (Å²) < 4.78 is 22.9. The average molecular weight is 402 g/mol. The van der Waals surface area contributed by atoms with E-state index < -0.39 is 0 Å². The monoisotopic (exact) mass is 402 g/mol. The number of carbonyl (C=O) groups is 1. The van der Waals surface area contributed by atoms with Crippen LogP contribution in [0, 0.1) is 5.82 Å². The zero-order valence-electron chi connectivity index (χ0n) is 16.1. The van der Waals surface area contributed by atoms with Crippen LogP contribution >= 0.6 is 0 Å². The van der Waals surface area contributed by atoms with Crippen molar-refractivity contribution in [3.8, 4) is 0 Å². The van der Waals surface area contributed by atoms with Gasteiger partial charge in [0.2, 0.25) is 0 Å². The lowest BCUT2D eigenvalue weighted by Gasteiger charge is -2.11. The molecule has 30 heavy (non-hydrogen) atoms. The molecule has 0 saturated heterocycles. The highest BCUT2D eigenvalue weighted by Gasteiger charge is 2.17. The quantitative estimate of drug-likeness (QED) is 0.463. The third-order valence-electron chi connectivity index (χ3n) is 5.15. The zero-order valence-corrected chi connectivity index (χ0v) is 16.1. The van der Waals surface area contributed by atoms with Gasteiger partial charge in [-0.2, -0.15) is 0 Å². The number of benzene rings is 2. The largest absolute Gasteiger partial charge is 0.463 e. The molecule has 5 rings (SSSR count). The minimum absolute atomic E-state index is 0.206. The number of furan rings is 1. The van der Waals surface area contributed by atoms with Crippen molar-refractivity contribution in [1.29, 1.82) is 0 Å². The number of carbonyl (C=O) groups excluding carboxylic acids is 1. The van der Waals surface area contributed by atoms with Gasteiger partial charge in [0.05, 0.1) is 29.1 Å². The summed E-state index contributed by atoms with van der Waals surface area (Å²) in [6.45, 7) is 1.42. The summed E-state index contributed by atoms with van der Waals surface area (Å²) in [7, 11) is 0. The number of para-hydroxylation sites is 2. The predicted molar refractivity (Wildman–Crippen MR) is 112 cm³/mol. The van der Waals surface area contributed by atoms with Crippen molar-refractivity contribution in [2.24, 2.45) is 0 Å². The average Bonchev–Trinajstić information content (AvgIpc) is 3.44. The standard InChI is InChI=1S/C23H19FN4O2/c24-17-5-3-4-16(12-17)14-28-20-8-11-30-22(20)13-21(28)23(29)25-9-10-27-15-26-18-6-1-2-7-19(18)27/h1-8,11-13,15H,9-10,14H2,(H,25,29). The van der Waals surface area contributed by atoms with E-state index in [-0.39, 0.29) is 11.7 Å². The third kappa shape index (κ3) is 3.34. The van der Waals surface area contributed by atoms with E-state index in [4.69, 9.17) is 4.42 Å². The molecule has 3 aromatic heterocycles. The SMILES string of the molecule is O=C(NCCn1cnc2ccccc21)c1cc2occc2n1Cc1cccc(F)c1. The molecule has 1 N–H and O–H groups in total. The Hall–Kier alpha value is -3.87. The first kappa shape index (κ1) is 18.2. The van der Waals surface area contributed by atoms with Crippen LogP contribution in [0.3, 0.4) is 0 Å². The van der Waals surface area contributed by atoms with Gasteiger partial charge in [0, 0.05) is 31.8 Å². The van der Waals surface area contributed by atoms with Crippen molar-refractivity contribution < 1.29 is 13.6 Å². The number of fused-ring (bicyclic) bond motifs is 2. The second-order valence-corrected chi connectivity index (χ2v) is 7.10. The Balaban J connectivity index is 1.35. The lowest BCUT2D eigenvalue weighted by Crippen LogP contribution is -2.29. The Morgan fingerprint density at radius 3 is 2.87 bits per heavy atom. The topological polar surface area (TPSA) is 65.0 Å². The highest BCUT2D eigenvalue weighted by atomic mass is 19.1. The molecule has 0 saturated carbocycles. The van der Waals surface area contributed by atoms with Gasteiger partial charge >= 0.3 is 0 Å². The number of amides is 1. The molecule has 0 fully saturated rings. The number of nitrogens with one attached hydrogen (secondary N) is 1. The molecule has 0 spiro atoms. The van der Waals surface area contributed by atoms with Crippen molar-refractivity contribution in [2.75, 3.05) is 6.54 Å². The lowest BCUT2D eigenvalue weighted by molar-refractivity contribution is 0.0944. The fraction of sp³-hybridized carbons (Fsp3) is 0.130. The molecule has 0 aliphatic carbocycles. The van der Waals surface area contributed by atoms with Crippen LogP contribution in [0.5, 0.6) is 0 Å². The summed E-state index contributed by atoms with van der Waals surface area (Å²) in [5.41, 5.74) is 4.62. The van der Waals surface area contributed by atoms with Crippen LogP contribution in [0.25, 0.3) is 22.1 Å². The number of hydrogen-bond donors (Lipinski definition) is 1. The van der Waals surface area contributed by atoms with Crippen LogP contribution in [0.2, 0.25) is 0 Å². The third-order valence-corrected chi connectivity index (χ3v) is 5.15. The van der Waals surface area contributed by atoms with Gasteiger partial charge in [-0.05, 0) is 29.8 Å². The smallest absolute Gasteiger partial charge is 0.268 e. The Kier molecular flexibility index (Phi) is 4.55. The molecule has 0 bridgehead atoms. The number of hydrogen-bond acceptors (Lipinski definition) is 3. The highest BCUT2D eigenvalue weighted by Crippen LogP contribution is 2.23. The molecule has 5 aromatic rings. The first-order valence-corrected chi connectivity index (χ1v) is 9.68. The van der Waals surface area contributed by atoms with Crippen molar-refractivity contribution in [2.45, 2.75) is 13.1 Å². The van der Waals surface area contributed by atoms with E-state index in [1.54, 1.807) is 24.7 Å². The van der Waals surface area contributed by atoms with E-state index in [9.17, 15) is 9.18 Å². The van der Waals surface area contributed by atoms with E-state index >= 15 is 0 Å². The first-order valence-electron chi connectivity index (χ1n) is 9.68. The van der Waals surface area contributed by atoms with Crippen molar-refractivity contribution >= 4 is 28.0 Å². The molecule has 0 aliphatic heterocycles. The van der Waals surface area contributed by atoms with E-state index in [0.29, 0.717) is 30.9 Å². The minimum Gasteiger partial charge on any atom is -0.463 e. The van der Waals surface area contributed by atoms with Crippen LogP contribution in [-0.2, 0) is 13.1 Å². The van der Waals surface area contributed by atoms with Gasteiger partial charge < -0.3 is 18.9 Å². The summed E-state index contributed by atoms with van der Waals surface area (Å²) in [5.74, 6) is -0.510. The predicted octanol–water partition coefficient (Wildman–Crippen LogP) is 4.20. The Morgan fingerprint density at radius 2 is 1.97 bits per heavy atom. The van der Waals surface area contributed by atoms with Gasteiger partial charge in [-0.3, -0.25) is 4.79 Å². The van der Waals surface area contributed by atoms with E-state index in [0.717, 1.165) is 22.1 Å². The van der Waals surface area contributed by atoms with Crippen LogP contribution < -0.4 is 5.32 Å². The minimum atomic E-state index is -0.304. The van der Waals surface area contributed by atoms with Crippen molar-refractivity contribution in [3.63, 3.8) is 0 Å². The van der Waals surface area contributed by atoms with Gasteiger partial charge in [-0.15, -0.1) is 0 Å². The van der Waals surface area contributed by atoms with E-state index in [1.807, 2.05) is 45.5 Å². The van der Waals surface area contributed by atoms with E-state index in [2.05, 4.69) is 10.3 Å². The normalized spacial score (nSPS) is 11.4. The Bertz CT molecular complexity index is 1350. The maximum atomic E-state index is 13.6. The number of imidazole rings is 1. The van der Waals surface area contributed by atoms with E-state index in [1.165, 1.54) is 12.1 Å². The fourth-order valence-electron chi connectivity index (χ4n) is 3.72. The van der Waals surface area contributed by atoms with Gasteiger partial charge in [-0.25, -0.2) is 9.37 Å². The molecule has 0 aliphatic rings. The first-order chi connectivity index (χ1) is 14.7. The van der Waals surface area contributed by atoms with Gasteiger partial charge in [-0.1, -0.05) is 24.3 Å². The van der Waals surface area contributed by atoms with Crippen LogP contribution in [0.4, 0.5) is 4.39 Å². The maximum absolute atomic E-state index is 13.6. The number of nitrogens with zero attached hydrogens (tertiary/aromatic N) is 3. The molecule has 0 atom stereocenters. The molecule has 3 heterocycles. The molecule has 150 valence electrons. The number of aromatic nitrogens is 3. The zero-order chi connectivity index (χ0) is 20.5. The summed E-state index contributed by atoms with van der Waals surface area (Å²) in [6, 6.07) is 17.8. The fourth-order valence-corrected chi connectivity index (χ4v) is 3.72. The molecule has 6 nitrogen and oxygen atoms in total. The summed E-state index contributed by atoms with van der Waals surface area (Å²) >= 11 is 0. The molecular weight excluding hydrogens is 383 g/mol. The summed E-state index contributed by atoms with van der Waals surface area (Å²) in [4.78, 5) is 17.3. The second-order valence-electron chi connectivity index (χ2n) is 7.10. The Morgan fingerprint density at radius 1 is 1.07 bits per heavy atom. The van der Waals surface area contributed by atoms with Crippen LogP contribution in [0.15, 0.2) is 77.7 Å².